The molecule has 3 rings (SSSR count). The average Bonchev–Trinajstić information content (AvgIpc) is 2.78. The van der Waals surface area contributed by atoms with E-state index in [0.717, 1.165) is 24.6 Å². The second-order valence-electron chi connectivity index (χ2n) is 8.16. The van der Waals surface area contributed by atoms with Gasteiger partial charge < -0.3 is 19.7 Å². The van der Waals surface area contributed by atoms with Gasteiger partial charge >= 0.3 is 0 Å². The average molecular weight is 411 g/mol. The highest BCUT2D eigenvalue weighted by atomic mass is 16.5. The predicted octanol–water partition coefficient (Wildman–Crippen LogP) is 4.97. The fraction of sp³-hybridized carbons (Fsp3) is 0.480. The highest BCUT2D eigenvalue weighted by Gasteiger charge is 2.22. The van der Waals surface area contributed by atoms with Crippen molar-refractivity contribution in [2.75, 3.05) is 25.1 Å². The molecular formula is C25H34N2O3. The summed E-state index contributed by atoms with van der Waals surface area (Å²) in [6, 6.07) is 15.8. The lowest BCUT2D eigenvalue weighted by Crippen LogP contribution is -2.39. The SMILES string of the molecule is CC[C@@H](Oc1ccccc1OC)C(=O)N[C@H](C)c1ccc(N2CCC(C)CC2)cc1. The molecule has 1 aliphatic rings. The zero-order chi connectivity index (χ0) is 21.5. The maximum atomic E-state index is 12.8. The summed E-state index contributed by atoms with van der Waals surface area (Å²) in [7, 11) is 1.60. The molecule has 162 valence electrons. The van der Waals surface area contributed by atoms with E-state index in [1.54, 1.807) is 7.11 Å². The molecule has 30 heavy (non-hydrogen) atoms. The van der Waals surface area contributed by atoms with Crippen molar-refractivity contribution >= 4 is 11.6 Å². The lowest BCUT2D eigenvalue weighted by molar-refractivity contribution is -0.128. The molecule has 0 bridgehead atoms. The van der Waals surface area contributed by atoms with E-state index in [0.29, 0.717) is 17.9 Å². The molecule has 1 aliphatic heterocycles. The van der Waals surface area contributed by atoms with Crippen molar-refractivity contribution in [3.8, 4) is 11.5 Å². The first-order chi connectivity index (χ1) is 14.5. The third kappa shape index (κ3) is 5.47. The summed E-state index contributed by atoms with van der Waals surface area (Å²) >= 11 is 0. The topological polar surface area (TPSA) is 50.8 Å². The van der Waals surface area contributed by atoms with Crippen molar-refractivity contribution in [1.29, 1.82) is 0 Å². The van der Waals surface area contributed by atoms with Crippen molar-refractivity contribution < 1.29 is 14.3 Å². The number of rotatable bonds is 8. The zero-order valence-electron chi connectivity index (χ0n) is 18.6. The number of para-hydroxylation sites is 2. The number of carbonyl (C=O) groups excluding carboxylic acids is 1. The molecule has 1 N–H and O–H groups in total. The Kier molecular flexibility index (Phi) is 7.61. The van der Waals surface area contributed by atoms with Gasteiger partial charge in [0.2, 0.25) is 0 Å². The maximum absolute atomic E-state index is 12.8. The van der Waals surface area contributed by atoms with Crippen LogP contribution in [0.25, 0.3) is 0 Å². The summed E-state index contributed by atoms with van der Waals surface area (Å²) < 4.78 is 11.3. The number of nitrogens with one attached hydrogen (secondary N) is 1. The van der Waals surface area contributed by atoms with Gasteiger partial charge in [0.25, 0.3) is 5.91 Å². The third-order valence-corrected chi connectivity index (χ3v) is 5.90. The van der Waals surface area contributed by atoms with Crippen molar-refractivity contribution in [1.82, 2.24) is 5.32 Å². The Hall–Kier alpha value is -2.69. The molecule has 1 amide bonds. The molecule has 1 fully saturated rings. The molecule has 5 nitrogen and oxygen atoms in total. The first-order valence-electron chi connectivity index (χ1n) is 11.0. The Morgan fingerprint density at radius 1 is 1.10 bits per heavy atom. The summed E-state index contributed by atoms with van der Waals surface area (Å²) in [5.74, 6) is 1.90. The van der Waals surface area contributed by atoms with Crippen LogP contribution < -0.4 is 19.7 Å². The lowest BCUT2D eigenvalue weighted by atomic mass is 9.98. The first kappa shape index (κ1) is 22.0. The van der Waals surface area contributed by atoms with Crippen LogP contribution in [0.2, 0.25) is 0 Å². The number of piperidine rings is 1. The number of amides is 1. The molecule has 2 atom stereocenters. The van der Waals surface area contributed by atoms with E-state index in [4.69, 9.17) is 9.47 Å². The third-order valence-electron chi connectivity index (χ3n) is 5.90. The highest BCUT2D eigenvalue weighted by Crippen LogP contribution is 2.28. The van der Waals surface area contributed by atoms with Crippen molar-refractivity contribution in [3.63, 3.8) is 0 Å². The largest absolute Gasteiger partial charge is 0.493 e. The van der Waals surface area contributed by atoms with Gasteiger partial charge in [-0.25, -0.2) is 0 Å². The van der Waals surface area contributed by atoms with Crippen molar-refractivity contribution in [2.45, 2.75) is 52.2 Å². The predicted molar refractivity (Wildman–Crippen MR) is 121 cm³/mol. The molecule has 0 aromatic heterocycles. The minimum absolute atomic E-state index is 0.0942. The first-order valence-corrected chi connectivity index (χ1v) is 11.0. The van der Waals surface area contributed by atoms with Gasteiger partial charge in [0.15, 0.2) is 17.6 Å². The van der Waals surface area contributed by atoms with Gasteiger partial charge in [-0.1, -0.05) is 38.1 Å². The molecule has 5 heteroatoms. The van der Waals surface area contributed by atoms with Crippen molar-refractivity contribution in [3.05, 3.63) is 54.1 Å². The maximum Gasteiger partial charge on any atom is 0.261 e. The number of methoxy groups -OCH3 is 1. The van der Waals surface area contributed by atoms with Crippen molar-refractivity contribution in [2.24, 2.45) is 5.92 Å². The fourth-order valence-electron chi connectivity index (χ4n) is 3.82. The molecule has 0 saturated carbocycles. The van der Waals surface area contributed by atoms with Gasteiger partial charge in [0.1, 0.15) is 0 Å². The van der Waals surface area contributed by atoms with Crippen LogP contribution >= 0.6 is 0 Å². The zero-order valence-corrected chi connectivity index (χ0v) is 18.6. The van der Waals surface area contributed by atoms with E-state index >= 15 is 0 Å². The molecule has 1 saturated heterocycles. The van der Waals surface area contributed by atoms with E-state index in [9.17, 15) is 4.79 Å². The second-order valence-corrected chi connectivity index (χ2v) is 8.16. The number of ether oxygens (including phenoxy) is 2. The van der Waals surface area contributed by atoms with E-state index < -0.39 is 6.10 Å². The summed E-state index contributed by atoms with van der Waals surface area (Å²) in [5.41, 5.74) is 2.35. The smallest absolute Gasteiger partial charge is 0.261 e. The minimum Gasteiger partial charge on any atom is -0.493 e. The molecule has 2 aromatic carbocycles. The van der Waals surface area contributed by atoms with Gasteiger partial charge in [-0.05, 0) is 61.9 Å². The van der Waals surface area contributed by atoms with Gasteiger partial charge in [0.05, 0.1) is 13.2 Å². The Bertz CT molecular complexity index is 813. The highest BCUT2D eigenvalue weighted by molar-refractivity contribution is 5.81. The molecule has 1 heterocycles. The Labute approximate surface area is 180 Å². The fourth-order valence-corrected chi connectivity index (χ4v) is 3.82. The van der Waals surface area contributed by atoms with Crippen LogP contribution in [0.4, 0.5) is 5.69 Å². The number of hydrogen-bond donors (Lipinski definition) is 1. The lowest BCUT2D eigenvalue weighted by Gasteiger charge is -2.32. The Morgan fingerprint density at radius 2 is 1.73 bits per heavy atom. The molecule has 0 aliphatic carbocycles. The van der Waals surface area contributed by atoms with E-state index in [2.05, 4.69) is 41.4 Å². The molecule has 0 radical (unpaired) electrons. The Morgan fingerprint density at radius 3 is 2.33 bits per heavy atom. The number of carbonyl (C=O) groups is 1. The molecule has 0 unspecified atom stereocenters. The molecular weight excluding hydrogens is 376 g/mol. The summed E-state index contributed by atoms with van der Waals surface area (Å²) in [6.07, 6.45) is 2.50. The van der Waals surface area contributed by atoms with E-state index in [1.165, 1.54) is 18.5 Å². The van der Waals surface area contributed by atoms with Gasteiger partial charge in [-0.3, -0.25) is 4.79 Å². The van der Waals surface area contributed by atoms with Crippen LogP contribution in [0.3, 0.4) is 0 Å². The quantitative estimate of drug-likeness (QED) is 0.668. The normalized spacial score (nSPS) is 16.6. The molecule has 0 spiro atoms. The number of hydrogen-bond acceptors (Lipinski definition) is 4. The molecule has 2 aromatic rings. The van der Waals surface area contributed by atoms with Crippen LogP contribution in [0.5, 0.6) is 11.5 Å². The summed E-state index contributed by atoms with van der Waals surface area (Å²) in [5, 5.41) is 3.09. The van der Waals surface area contributed by atoms with Crippen LogP contribution in [0.1, 0.15) is 51.6 Å². The summed E-state index contributed by atoms with van der Waals surface area (Å²) in [4.78, 5) is 15.3. The van der Waals surface area contributed by atoms with Crippen LogP contribution in [-0.2, 0) is 4.79 Å². The number of anilines is 1. The van der Waals surface area contributed by atoms with E-state index in [-0.39, 0.29) is 11.9 Å². The van der Waals surface area contributed by atoms with Crippen LogP contribution in [0.15, 0.2) is 48.5 Å². The van der Waals surface area contributed by atoms with Gasteiger partial charge in [-0.15, -0.1) is 0 Å². The van der Waals surface area contributed by atoms with Crippen LogP contribution in [0, 0.1) is 5.92 Å². The monoisotopic (exact) mass is 410 g/mol. The number of nitrogens with zero attached hydrogens (tertiary/aromatic N) is 1. The summed E-state index contributed by atoms with van der Waals surface area (Å²) in [6.45, 7) is 8.51. The van der Waals surface area contributed by atoms with Gasteiger partial charge in [0, 0.05) is 18.8 Å². The Balaban J connectivity index is 1.59. The standard InChI is InChI=1S/C25H34N2O3/c1-5-22(30-24-9-7-6-8-23(24)29-4)25(28)26-19(3)20-10-12-21(13-11-20)27-16-14-18(2)15-17-27/h6-13,18-19,22H,5,14-17H2,1-4H3,(H,26,28)/t19-,22-/m1/s1. The minimum atomic E-state index is -0.571. The van der Waals surface area contributed by atoms with Crippen LogP contribution in [-0.4, -0.2) is 32.2 Å². The number of benzene rings is 2. The van der Waals surface area contributed by atoms with Gasteiger partial charge in [-0.2, -0.15) is 0 Å². The second kappa shape index (κ2) is 10.4. The van der Waals surface area contributed by atoms with E-state index in [1.807, 2.05) is 38.1 Å².